The molecule has 30 heavy (non-hydrogen) atoms. The summed E-state index contributed by atoms with van der Waals surface area (Å²) in [4.78, 5) is 28.0. The molecule has 0 radical (unpaired) electrons. The number of ether oxygens (including phenoxy) is 2. The van der Waals surface area contributed by atoms with Gasteiger partial charge in [-0.2, -0.15) is 0 Å². The van der Waals surface area contributed by atoms with Crippen molar-refractivity contribution in [2.24, 2.45) is 0 Å². The van der Waals surface area contributed by atoms with Crippen molar-refractivity contribution < 1.29 is 24.0 Å². The highest BCUT2D eigenvalue weighted by Gasteiger charge is 2.32. The first-order valence-electron chi connectivity index (χ1n) is 10.9. The third-order valence-electron chi connectivity index (χ3n) is 5.34. The number of carbonyl (C=O) groups is 2. The van der Waals surface area contributed by atoms with Gasteiger partial charge in [-0.05, 0) is 25.0 Å². The van der Waals surface area contributed by atoms with Gasteiger partial charge in [-0.25, -0.2) is 4.79 Å². The van der Waals surface area contributed by atoms with Gasteiger partial charge < -0.3 is 29.9 Å². The molecule has 1 heterocycles. The van der Waals surface area contributed by atoms with E-state index < -0.39 is 0 Å². The molecule has 1 aromatic rings. The zero-order valence-corrected chi connectivity index (χ0v) is 18.8. The molecule has 0 unspecified atom stereocenters. The lowest BCUT2D eigenvalue weighted by atomic mass is 10.2. The van der Waals surface area contributed by atoms with Crippen molar-refractivity contribution in [3.8, 4) is 11.5 Å². The molecule has 0 spiro atoms. The predicted molar refractivity (Wildman–Crippen MR) is 118 cm³/mol. The summed E-state index contributed by atoms with van der Waals surface area (Å²) >= 11 is 0. The summed E-state index contributed by atoms with van der Waals surface area (Å²) in [5, 5.41) is 5.85. The quantitative estimate of drug-likeness (QED) is 0.443. The van der Waals surface area contributed by atoms with E-state index in [1.165, 1.54) is 25.9 Å². The molecule has 1 aliphatic heterocycles. The minimum atomic E-state index is -0.215. The monoisotopic (exact) mass is 421 g/mol. The average molecular weight is 422 g/mol. The van der Waals surface area contributed by atoms with E-state index in [0.717, 1.165) is 18.7 Å². The third-order valence-corrected chi connectivity index (χ3v) is 5.34. The van der Waals surface area contributed by atoms with Crippen LogP contribution in [0.2, 0.25) is 0 Å². The number of methoxy groups -OCH3 is 2. The molecule has 3 N–H and O–H groups in total. The number of amides is 3. The first-order valence-corrected chi connectivity index (χ1v) is 10.9. The summed E-state index contributed by atoms with van der Waals surface area (Å²) in [7, 11) is 3.14. The number of hydrogen-bond donors (Lipinski definition) is 3. The van der Waals surface area contributed by atoms with E-state index in [1.807, 2.05) is 6.07 Å². The summed E-state index contributed by atoms with van der Waals surface area (Å²) in [6.07, 6.45) is 3.59. The van der Waals surface area contributed by atoms with Crippen LogP contribution in [0.1, 0.15) is 39.5 Å². The van der Waals surface area contributed by atoms with Gasteiger partial charge in [0.25, 0.3) is 0 Å². The van der Waals surface area contributed by atoms with Crippen LogP contribution in [-0.4, -0.2) is 64.9 Å². The molecular weight excluding hydrogens is 384 g/mol. The second-order valence-corrected chi connectivity index (χ2v) is 7.70. The van der Waals surface area contributed by atoms with Crippen molar-refractivity contribution in [2.45, 2.75) is 45.6 Å². The molecule has 1 atom stereocenters. The van der Waals surface area contributed by atoms with Crippen molar-refractivity contribution in [1.29, 1.82) is 0 Å². The van der Waals surface area contributed by atoms with Crippen molar-refractivity contribution in [3.63, 3.8) is 0 Å². The van der Waals surface area contributed by atoms with Gasteiger partial charge in [0.2, 0.25) is 5.91 Å². The molecule has 0 saturated carbocycles. The molecule has 8 heteroatoms. The number of nitrogens with one attached hydrogen (secondary N) is 3. The third kappa shape index (κ3) is 6.79. The number of quaternary nitrogens is 1. The SMILES string of the molecule is CCC[NH+](CCC)CCCNC(=O)N[C@@H]1CC(=O)N(c2ccc(OC)c(OC)c2)C1. The van der Waals surface area contributed by atoms with Crippen LogP contribution in [0.15, 0.2) is 18.2 Å². The van der Waals surface area contributed by atoms with Crippen LogP contribution in [0.25, 0.3) is 0 Å². The Morgan fingerprint density at radius 2 is 1.83 bits per heavy atom. The molecule has 1 saturated heterocycles. The summed E-state index contributed by atoms with van der Waals surface area (Å²) in [6, 6.07) is 4.95. The predicted octanol–water partition coefficient (Wildman–Crippen LogP) is 1.20. The van der Waals surface area contributed by atoms with Crippen LogP contribution in [0, 0.1) is 0 Å². The molecule has 3 amide bonds. The van der Waals surface area contributed by atoms with E-state index in [9.17, 15) is 9.59 Å². The highest BCUT2D eigenvalue weighted by molar-refractivity contribution is 5.97. The zero-order valence-electron chi connectivity index (χ0n) is 18.8. The minimum absolute atomic E-state index is 0.0223. The van der Waals surface area contributed by atoms with Crippen molar-refractivity contribution in [1.82, 2.24) is 10.6 Å². The fourth-order valence-corrected chi connectivity index (χ4v) is 3.91. The lowest BCUT2D eigenvalue weighted by Gasteiger charge is -2.19. The van der Waals surface area contributed by atoms with Crippen LogP contribution < -0.4 is 29.9 Å². The Bertz CT molecular complexity index is 692. The van der Waals surface area contributed by atoms with E-state index in [4.69, 9.17) is 9.47 Å². The molecule has 168 valence electrons. The van der Waals surface area contributed by atoms with Crippen LogP contribution >= 0.6 is 0 Å². The Balaban J connectivity index is 1.79. The lowest BCUT2D eigenvalue weighted by Crippen LogP contribution is -3.12. The average Bonchev–Trinajstić information content (AvgIpc) is 3.10. The Morgan fingerprint density at radius 1 is 1.13 bits per heavy atom. The largest absolute Gasteiger partial charge is 0.493 e. The normalized spacial score (nSPS) is 16.1. The van der Waals surface area contributed by atoms with Gasteiger partial charge in [-0.1, -0.05) is 13.8 Å². The first kappa shape index (κ1) is 23.8. The van der Waals surface area contributed by atoms with Crippen LogP contribution in [0.3, 0.4) is 0 Å². The molecule has 2 rings (SSSR count). The van der Waals surface area contributed by atoms with E-state index in [-0.39, 0.29) is 24.4 Å². The van der Waals surface area contributed by atoms with Crippen molar-refractivity contribution >= 4 is 17.6 Å². The molecule has 0 bridgehead atoms. The Labute approximate surface area is 179 Å². The van der Waals surface area contributed by atoms with Gasteiger partial charge >= 0.3 is 6.03 Å². The maximum absolute atomic E-state index is 12.5. The van der Waals surface area contributed by atoms with Crippen LogP contribution in [0.5, 0.6) is 11.5 Å². The van der Waals surface area contributed by atoms with E-state index >= 15 is 0 Å². The Hall–Kier alpha value is -2.48. The van der Waals surface area contributed by atoms with Crippen LogP contribution in [0.4, 0.5) is 10.5 Å². The smallest absolute Gasteiger partial charge is 0.315 e. The number of carbonyl (C=O) groups excluding carboxylic acids is 2. The number of anilines is 1. The first-order chi connectivity index (χ1) is 14.5. The van der Waals surface area contributed by atoms with Gasteiger partial charge in [0.1, 0.15) is 0 Å². The summed E-state index contributed by atoms with van der Waals surface area (Å²) in [6.45, 7) is 8.91. The summed E-state index contributed by atoms with van der Waals surface area (Å²) in [5.74, 6) is 1.16. The second kappa shape index (κ2) is 12.3. The van der Waals surface area contributed by atoms with E-state index in [1.54, 1.807) is 36.2 Å². The Kier molecular flexibility index (Phi) is 9.73. The maximum atomic E-state index is 12.5. The lowest BCUT2D eigenvalue weighted by molar-refractivity contribution is -0.900. The standard InChI is InChI=1S/C22H36N4O4/c1-5-11-25(12-6-2)13-7-10-23-22(28)24-17-14-21(27)26(16-17)18-8-9-19(29-3)20(15-18)30-4/h8-9,15,17H,5-7,10-14,16H2,1-4H3,(H2,23,24,28)/p+1/t17-/m1/s1. The van der Waals surface area contributed by atoms with Crippen LogP contribution in [-0.2, 0) is 4.79 Å². The minimum Gasteiger partial charge on any atom is -0.493 e. The highest BCUT2D eigenvalue weighted by atomic mass is 16.5. The molecule has 8 nitrogen and oxygen atoms in total. The highest BCUT2D eigenvalue weighted by Crippen LogP contribution is 2.33. The summed E-state index contributed by atoms with van der Waals surface area (Å²) < 4.78 is 10.6. The van der Waals surface area contributed by atoms with Crippen molar-refractivity contribution in [3.05, 3.63) is 18.2 Å². The topological polar surface area (TPSA) is 84.3 Å². The van der Waals surface area contributed by atoms with Gasteiger partial charge in [0.15, 0.2) is 11.5 Å². The summed E-state index contributed by atoms with van der Waals surface area (Å²) in [5.41, 5.74) is 0.734. The molecular formula is C22H37N4O4+. The zero-order chi connectivity index (χ0) is 21.9. The fraction of sp³-hybridized carbons (Fsp3) is 0.636. The second-order valence-electron chi connectivity index (χ2n) is 7.70. The van der Waals surface area contributed by atoms with E-state index in [2.05, 4.69) is 24.5 Å². The van der Waals surface area contributed by atoms with Gasteiger partial charge in [0.05, 0.1) is 39.9 Å². The molecule has 0 aromatic heterocycles. The van der Waals surface area contributed by atoms with Gasteiger partial charge in [-0.3, -0.25) is 4.79 Å². The maximum Gasteiger partial charge on any atom is 0.315 e. The van der Waals surface area contributed by atoms with Gasteiger partial charge in [-0.15, -0.1) is 0 Å². The molecule has 1 aromatic carbocycles. The fourth-order valence-electron chi connectivity index (χ4n) is 3.91. The van der Waals surface area contributed by atoms with E-state index in [0.29, 0.717) is 24.6 Å². The van der Waals surface area contributed by atoms with Crippen molar-refractivity contribution in [2.75, 3.05) is 51.8 Å². The number of urea groups is 1. The van der Waals surface area contributed by atoms with Gasteiger partial charge in [0, 0.05) is 37.7 Å². The molecule has 0 aliphatic carbocycles. The molecule has 1 aliphatic rings. The number of benzene rings is 1. The number of rotatable bonds is 12. The molecule has 1 fully saturated rings. The number of nitrogens with zero attached hydrogens (tertiary/aromatic N) is 1. The Morgan fingerprint density at radius 3 is 2.47 bits per heavy atom. The number of hydrogen-bond acceptors (Lipinski definition) is 4.